The summed E-state index contributed by atoms with van der Waals surface area (Å²) in [5.74, 6) is 2.83. The maximum Gasteiger partial charge on any atom is 0.137 e. The summed E-state index contributed by atoms with van der Waals surface area (Å²) >= 11 is 0. The van der Waals surface area contributed by atoms with Crippen LogP contribution < -0.4 is 9.64 Å². The molecule has 43 heavy (non-hydrogen) atoms. The number of ether oxygens (including phenoxy) is 1. The highest BCUT2D eigenvalue weighted by atomic mass is 16.5. The zero-order valence-corrected chi connectivity index (χ0v) is 25.1. The second-order valence-electron chi connectivity index (χ2n) is 13.2. The molecule has 1 aliphatic carbocycles. The number of nitrogens with one attached hydrogen (secondary N) is 2. The molecule has 0 amide bonds. The summed E-state index contributed by atoms with van der Waals surface area (Å²) in [6.45, 7) is 8.21. The summed E-state index contributed by atoms with van der Waals surface area (Å²) in [7, 11) is 0. The Morgan fingerprint density at radius 3 is 2.65 bits per heavy atom. The van der Waals surface area contributed by atoms with Gasteiger partial charge >= 0.3 is 0 Å². The number of hydrogen-bond acceptors (Lipinski definition) is 6. The molecule has 2 aliphatic heterocycles. The Hall–Kier alpha value is -3.91. The minimum absolute atomic E-state index is 0.126. The van der Waals surface area contributed by atoms with Crippen LogP contribution in [0, 0.1) is 11.3 Å². The number of pyridine rings is 2. The third-order valence-corrected chi connectivity index (χ3v) is 10.3. The topological polar surface area (TPSA) is 86.0 Å². The molecule has 0 radical (unpaired) electrons. The van der Waals surface area contributed by atoms with Gasteiger partial charge < -0.3 is 19.5 Å². The van der Waals surface area contributed by atoms with Crippen LogP contribution in [0.15, 0.2) is 61.1 Å². The van der Waals surface area contributed by atoms with Crippen molar-refractivity contribution >= 4 is 27.8 Å². The number of piperidine rings is 1. The van der Waals surface area contributed by atoms with Crippen LogP contribution in [0.3, 0.4) is 0 Å². The summed E-state index contributed by atoms with van der Waals surface area (Å²) in [4.78, 5) is 17.7. The van der Waals surface area contributed by atoms with E-state index >= 15 is 0 Å². The Bertz CT molecular complexity index is 1700. The third-order valence-electron chi connectivity index (χ3n) is 10.3. The molecule has 1 spiro atoms. The number of H-pyrrole nitrogens is 2. The number of rotatable bonds is 7. The molecule has 1 unspecified atom stereocenters. The highest BCUT2D eigenvalue weighted by Gasteiger charge is 2.45. The lowest BCUT2D eigenvalue weighted by molar-refractivity contribution is 0.0629. The van der Waals surface area contributed by atoms with Crippen LogP contribution in [0.4, 0.5) is 5.82 Å². The van der Waals surface area contributed by atoms with Gasteiger partial charge in [-0.25, -0.2) is 9.97 Å². The van der Waals surface area contributed by atoms with Gasteiger partial charge in [-0.05, 0) is 94.1 Å². The molecule has 1 aromatic carbocycles. The van der Waals surface area contributed by atoms with Crippen molar-refractivity contribution < 1.29 is 4.74 Å². The van der Waals surface area contributed by atoms with E-state index in [1.54, 1.807) is 0 Å². The van der Waals surface area contributed by atoms with Crippen molar-refractivity contribution in [3.05, 3.63) is 66.6 Å². The van der Waals surface area contributed by atoms with Crippen molar-refractivity contribution in [3.63, 3.8) is 0 Å². The fraction of sp³-hybridized carbons (Fsp3) is 0.457. The van der Waals surface area contributed by atoms with E-state index in [-0.39, 0.29) is 6.10 Å². The number of fused-ring (bicyclic) bond motifs is 2. The van der Waals surface area contributed by atoms with Gasteiger partial charge in [0.15, 0.2) is 0 Å². The first-order valence-electron chi connectivity index (χ1n) is 16.1. The lowest BCUT2D eigenvalue weighted by Gasteiger charge is -2.54. The number of benzene rings is 1. The molecule has 8 rings (SSSR count). The summed E-state index contributed by atoms with van der Waals surface area (Å²) in [6.07, 6.45) is 15.5. The SMILES string of the molecule is CC(Oc1ccc2[nH]nc(-c3ccc(N4CC5(CCN(CC6CCCCC6)CC5)C4)nc3)c2c1)c1ccnc2[nH]ccc12. The molecule has 3 fully saturated rings. The molecular weight excluding hydrogens is 534 g/mol. The van der Waals surface area contributed by atoms with Gasteiger partial charge in [0.25, 0.3) is 0 Å². The van der Waals surface area contributed by atoms with Crippen LogP contribution in [0.1, 0.15) is 63.5 Å². The lowest BCUT2D eigenvalue weighted by atomic mass is 9.71. The van der Waals surface area contributed by atoms with E-state index in [4.69, 9.17) is 9.72 Å². The number of hydrogen-bond donors (Lipinski definition) is 2. The Morgan fingerprint density at radius 1 is 0.977 bits per heavy atom. The number of anilines is 1. The smallest absolute Gasteiger partial charge is 0.137 e. The zero-order valence-electron chi connectivity index (χ0n) is 25.1. The van der Waals surface area contributed by atoms with Gasteiger partial charge in [-0.15, -0.1) is 0 Å². The van der Waals surface area contributed by atoms with Crippen molar-refractivity contribution in [2.45, 2.75) is 58.0 Å². The van der Waals surface area contributed by atoms with Crippen LogP contribution in [-0.4, -0.2) is 62.8 Å². The number of aromatic nitrogens is 5. The van der Waals surface area contributed by atoms with E-state index in [2.05, 4.69) is 55.1 Å². The van der Waals surface area contributed by atoms with E-state index in [0.717, 1.165) is 69.3 Å². The second kappa shape index (κ2) is 11.0. The van der Waals surface area contributed by atoms with Crippen molar-refractivity contribution in [3.8, 4) is 17.0 Å². The minimum atomic E-state index is -0.126. The van der Waals surface area contributed by atoms with Gasteiger partial charge in [0.2, 0.25) is 0 Å². The first kappa shape index (κ1) is 26.7. The predicted molar refractivity (Wildman–Crippen MR) is 171 cm³/mol. The summed E-state index contributed by atoms with van der Waals surface area (Å²) in [5, 5.41) is 9.95. The first-order chi connectivity index (χ1) is 21.1. The van der Waals surface area contributed by atoms with Gasteiger partial charge in [-0.2, -0.15) is 5.10 Å². The Balaban J connectivity index is 0.915. The quantitative estimate of drug-likeness (QED) is 0.215. The normalized spacial score (nSPS) is 20.1. The van der Waals surface area contributed by atoms with E-state index in [0.29, 0.717) is 5.41 Å². The minimum Gasteiger partial charge on any atom is -0.486 e. The molecule has 2 saturated heterocycles. The van der Waals surface area contributed by atoms with Crippen LogP contribution in [0.5, 0.6) is 5.75 Å². The van der Waals surface area contributed by atoms with Crippen molar-refractivity contribution in [1.82, 2.24) is 30.0 Å². The number of likely N-dealkylation sites (tertiary alicyclic amines) is 1. The monoisotopic (exact) mass is 575 g/mol. The zero-order chi connectivity index (χ0) is 28.8. The van der Waals surface area contributed by atoms with Crippen molar-refractivity contribution in [2.75, 3.05) is 37.6 Å². The third kappa shape index (κ3) is 5.16. The average Bonchev–Trinajstić information content (AvgIpc) is 3.68. The Labute approximate surface area is 252 Å². The van der Waals surface area contributed by atoms with Crippen LogP contribution in [-0.2, 0) is 0 Å². The maximum absolute atomic E-state index is 6.41. The Morgan fingerprint density at radius 2 is 1.84 bits per heavy atom. The van der Waals surface area contributed by atoms with Crippen LogP contribution in [0.25, 0.3) is 33.2 Å². The molecule has 4 aromatic heterocycles. The maximum atomic E-state index is 6.41. The van der Waals surface area contributed by atoms with Crippen molar-refractivity contribution in [2.24, 2.45) is 11.3 Å². The van der Waals surface area contributed by atoms with Gasteiger partial charge in [0.05, 0.1) is 5.52 Å². The van der Waals surface area contributed by atoms with E-state index in [1.165, 1.54) is 64.6 Å². The molecule has 1 atom stereocenters. The van der Waals surface area contributed by atoms with Gasteiger partial charge in [-0.3, -0.25) is 5.10 Å². The molecule has 8 nitrogen and oxygen atoms in total. The van der Waals surface area contributed by atoms with Gasteiger partial charge in [-0.1, -0.05) is 19.3 Å². The molecular formula is C35H41N7O. The molecule has 2 N–H and O–H groups in total. The predicted octanol–water partition coefficient (Wildman–Crippen LogP) is 7.12. The number of aromatic amines is 2. The first-order valence-corrected chi connectivity index (χ1v) is 16.1. The highest BCUT2D eigenvalue weighted by Crippen LogP contribution is 2.43. The molecule has 6 heterocycles. The average molecular weight is 576 g/mol. The summed E-state index contributed by atoms with van der Waals surface area (Å²) in [5.41, 5.74) is 5.36. The highest BCUT2D eigenvalue weighted by molar-refractivity contribution is 5.93. The van der Waals surface area contributed by atoms with Crippen LogP contribution >= 0.6 is 0 Å². The van der Waals surface area contributed by atoms with Crippen LogP contribution in [0.2, 0.25) is 0 Å². The van der Waals surface area contributed by atoms with E-state index in [1.807, 2.05) is 42.9 Å². The molecule has 222 valence electrons. The molecule has 5 aromatic rings. The fourth-order valence-electron chi connectivity index (χ4n) is 7.79. The number of nitrogens with zero attached hydrogens (tertiary/aromatic N) is 5. The summed E-state index contributed by atoms with van der Waals surface area (Å²) < 4.78 is 6.41. The molecule has 1 saturated carbocycles. The van der Waals surface area contributed by atoms with E-state index in [9.17, 15) is 0 Å². The largest absolute Gasteiger partial charge is 0.486 e. The van der Waals surface area contributed by atoms with Gasteiger partial charge in [0, 0.05) is 65.5 Å². The van der Waals surface area contributed by atoms with Crippen molar-refractivity contribution in [1.29, 1.82) is 0 Å². The molecule has 3 aliphatic rings. The summed E-state index contributed by atoms with van der Waals surface area (Å²) in [6, 6.07) is 14.5. The van der Waals surface area contributed by atoms with E-state index < -0.39 is 0 Å². The molecule has 0 bridgehead atoms. The molecule has 8 heteroatoms. The Kier molecular flexibility index (Phi) is 6.82. The fourth-order valence-corrected chi connectivity index (χ4v) is 7.79. The second-order valence-corrected chi connectivity index (χ2v) is 13.2. The van der Waals surface area contributed by atoms with Gasteiger partial charge in [0.1, 0.15) is 29.0 Å². The lowest BCUT2D eigenvalue weighted by Crippen LogP contribution is -2.61. The standard InChI is InChI=1S/C35H41N7O/c1-24(28-11-15-36-34-29(28)12-16-37-34)43-27-8-9-31-30(19-27)33(40-39-31)26-7-10-32(38-20-26)42-22-35(23-42)13-17-41(18-14-35)21-25-5-3-2-4-6-25/h7-12,15-16,19-20,24-25H,2-6,13-14,17-18,21-23H2,1H3,(H,36,37)(H,39,40).